The van der Waals surface area contributed by atoms with Crippen molar-refractivity contribution < 1.29 is 13.7 Å². The summed E-state index contributed by atoms with van der Waals surface area (Å²) >= 11 is 6.25. The third kappa shape index (κ3) is 5.11. The maximum absolute atomic E-state index is 3.69. The van der Waals surface area contributed by atoms with Gasteiger partial charge in [0.2, 0.25) is 0 Å². The topological polar surface area (TPSA) is 0 Å². The van der Waals surface area contributed by atoms with Gasteiger partial charge in [-0.05, 0) is 0 Å². The number of hydrogen-bond donors (Lipinski definition) is 0. The Hall–Kier alpha value is -0.196. The molecule has 2 heteroatoms. The molecule has 1 aromatic rings. The summed E-state index contributed by atoms with van der Waals surface area (Å²) in [7, 11) is 0. The molecule has 0 aromatic heterocycles. The second-order valence-electron chi connectivity index (χ2n) is 1.81. The molecule has 0 N–H and O–H groups in total. The molecule has 0 saturated carbocycles. The van der Waals surface area contributed by atoms with Crippen LogP contribution in [0.25, 0.3) is 6.08 Å². The van der Waals surface area contributed by atoms with Crippen LogP contribution < -0.4 is 0 Å². The van der Waals surface area contributed by atoms with Crippen LogP contribution >= 0.6 is 14.2 Å². The van der Waals surface area contributed by atoms with Crippen LogP contribution in [0.5, 0.6) is 0 Å². The molecular formula is C9H9BrNi-. The van der Waals surface area contributed by atoms with E-state index < -0.39 is 0 Å². The molecule has 11 heavy (non-hydrogen) atoms. The summed E-state index contributed by atoms with van der Waals surface area (Å²) in [6.07, 6.45) is 3.76. The molecule has 63 valence electrons. The Balaban J connectivity index is 0.000000461. The average molecular weight is 256 g/mol. The van der Waals surface area contributed by atoms with E-state index in [0.29, 0.717) is 0 Å². The van der Waals surface area contributed by atoms with Gasteiger partial charge >= 0.3 is 27.9 Å². The second kappa shape index (κ2) is 7.91. The van der Waals surface area contributed by atoms with Gasteiger partial charge in [-0.15, -0.1) is 5.56 Å². The molecule has 0 aliphatic heterocycles. The van der Waals surface area contributed by atoms with Crippen molar-refractivity contribution in [2.45, 2.75) is 0 Å². The molecule has 0 aliphatic rings. The van der Waals surface area contributed by atoms with Gasteiger partial charge in [0.05, 0.1) is 0 Å². The van der Waals surface area contributed by atoms with Gasteiger partial charge in [-0.1, -0.05) is 30.3 Å². The number of allylic oxidation sites excluding steroid dienone is 1. The van der Waals surface area contributed by atoms with Crippen molar-refractivity contribution in [1.82, 2.24) is 0 Å². The van der Waals surface area contributed by atoms with Crippen LogP contribution in [0.1, 0.15) is 5.56 Å². The molecule has 1 aromatic carbocycles. The Morgan fingerprint density at radius 1 is 1.18 bits per heavy atom. The first-order valence-corrected chi connectivity index (χ1v) is 5.50. The second-order valence-corrected chi connectivity index (χ2v) is 1.81. The van der Waals surface area contributed by atoms with Gasteiger partial charge in [0.25, 0.3) is 0 Å². The van der Waals surface area contributed by atoms with E-state index >= 15 is 0 Å². The van der Waals surface area contributed by atoms with Crippen LogP contribution in [-0.2, 0) is 13.7 Å². The third-order valence-electron chi connectivity index (χ3n) is 1.11. The Labute approximate surface area is 82.8 Å². The fourth-order valence-corrected chi connectivity index (χ4v) is 0.700. The van der Waals surface area contributed by atoms with Crippen molar-refractivity contribution in [3.63, 3.8) is 0 Å². The van der Waals surface area contributed by atoms with E-state index in [0.717, 1.165) is 0 Å². The van der Waals surface area contributed by atoms with Crippen molar-refractivity contribution in [3.05, 3.63) is 48.9 Å². The molecule has 0 radical (unpaired) electrons. The van der Waals surface area contributed by atoms with Crippen LogP contribution in [0.2, 0.25) is 0 Å². The number of hydrogen-bond acceptors (Lipinski definition) is 0. The van der Waals surface area contributed by atoms with Crippen molar-refractivity contribution in [1.29, 1.82) is 0 Å². The molecule has 0 amide bonds. The van der Waals surface area contributed by atoms with E-state index in [1.54, 1.807) is 6.08 Å². The first-order valence-electron chi connectivity index (χ1n) is 3.06. The standard InChI is InChI=1S/C9H9.BrH.Ni/c1-2-6-9-7-4-3-5-8-9;;/h2-8H,1H2;1H;/q-1;;+1/p-1/b6-2+;;. The fraction of sp³-hybridized carbons (Fsp3) is 0. The predicted molar refractivity (Wildman–Crippen MR) is 49.8 cm³/mol. The summed E-state index contributed by atoms with van der Waals surface area (Å²) in [4.78, 5) is 0. The van der Waals surface area contributed by atoms with Crippen LogP contribution in [0.4, 0.5) is 0 Å². The Kier molecular flexibility index (Phi) is 7.76. The summed E-state index contributed by atoms with van der Waals surface area (Å²) in [5.74, 6) is 0. The van der Waals surface area contributed by atoms with Gasteiger partial charge in [-0.2, -0.15) is 0 Å². The molecule has 0 bridgehead atoms. The van der Waals surface area contributed by atoms with Gasteiger partial charge in [0.15, 0.2) is 0 Å². The Bertz CT molecular complexity index is 194. The number of halogens is 1. The molecule has 1 rings (SSSR count). The summed E-state index contributed by atoms with van der Waals surface area (Å²) in [6.45, 7) is 3.60. The average Bonchev–Trinajstić information content (AvgIpc) is 2.11. The van der Waals surface area contributed by atoms with Gasteiger partial charge in [0.1, 0.15) is 0 Å². The van der Waals surface area contributed by atoms with Crippen LogP contribution in [0, 0.1) is 6.92 Å². The molecule has 0 spiro atoms. The van der Waals surface area contributed by atoms with E-state index in [9.17, 15) is 0 Å². The number of rotatable bonds is 1. The van der Waals surface area contributed by atoms with Crippen LogP contribution in [-0.4, -0.2) is 0 Å². The molecule has 0 aliphatic carbocycles. The molecular weight excluding hydrogens is 247 g/mol. The van der Waals surface area contributed by atoms with E-state index in [2.05, 4.69) is 34.8 Å². The van der Waals surface area contributed by atoms with Crippen molar-refractivity contribution in [2.24, 2.45) is 0 Å². The quantitative estimate of drug-likeness (QED) is 0.533. The predicted octanol–water partition coefficient (Wildman–Crippen LogP) is 3.38. The molecule has 0 fully saturated rings. The SMILES string of the molecule is [CH2-]/C=C/c1ccccc1.[Ni][Br]. The molecule has 0 unspecified atom stereocenters. The first kappa shape index (κ1) is 10.8. The van der Waals surface area contributed by atoms with E-state index in [-0.39, 0.29) is 0 Å². The summed E-state index contributed by atoms with van der Waals surface area (Å²) in [5.41, 5.74) is 1.20. The van der Waals surface area contributed by atoms with Crippen LogP contribution in [0.3, 0.4) is 0 Å². The zero-order chi connectivity index (χ0) is 8.53. The zero-order valence-electron chi connectivity index (χ0n) is 5.94. The molecule has 0 heterocycles. The minimum absolute atomic E-state index is 1.20. The Morgan fingerprint density at radius 2 is 1.73 bits per heavy atom. The Morgan fingerprint density at radius 3 is 2.18 bits per heavy atom. The van der Waals surface area contributed by atoms with Crippen molar-refractivity contribution in [3.8, 4) is 0 Å². The van der Waals surface area contributed by atoms with Crippen molar-refractivity contribution in [2.75, 3.05) is 0 Å². The summed E-state index contributed by atoms with van der Waals surface area (Å²) < 4.78 is 0. The van der Waals surface area contributed by atoms with E-state index in [4.69, 9.17) is 0 Å². The summed E-state index contributed by atoms with van der Waals surface area (Å²) in [5, 5.41) is 0. The van der Waals surface area contributed by atoms with Crippen molar-refractivity contribution >= 4 is 20.3 Å². The maximum atomic E-state index is 3.69. The van der Waals surface area contributed by atoms with Gasteiger partial charge in [-0.25, -0.2) is 19.1 Å². The monoisotopic (exact) mass is 254 g/mol. The fourth-order valence-electron chi connectivity index (χ4n) is 0.700. The normalized spacial score (nSPS) is 9.00. The first-order chi connectivity index (χ1) is 5.43. The van der Waals surface area contributed by atoms with Gasteiger partial charge < -0.3 is 0 Å². The van der Waals surface area contributed by atoms with E-state index in [1.807, 2.05) is 36.4 Å². The zero-order valence-corrected chi connectivity index (χ0v) is 8.52. The molecule has 0 nitrogen and oxygen atoms in total. The third-order valence-corrected chi connectivity index (χ3v) is 1.11. The van der Waals surface area contributed by atoms with E-state index in [1.165, 1.54) is 5.56 Å². The molecule has 0 saturated heterocycles. The molecule has 0 atom stereocenters. The minimum atomic E-state index is 1.20. The van der Waals surface area contributed by atoms with Crippen LogP contribution in [0.15, 0.2) is 36.4 Å². The number of benzene rings is 1. The van der Waals surface area contributed by atoms with Gasteiger partial charge in [0, 0.05) is 0 Å². The van der Waals surface area contributed by atoms with Gasteiger partial charge in [-0.3, -0.25) is 0 Å². The summed E-state index contributed by atoms with van der Waals surface area (Å²) in [6, 6.07) is 10.1.